The Labute approximate surface area is 437 Å². The van der Waals surface area contributed by atoms with E-state index in [2.05, 4.69) is 284 Å². The standard InChI is InChI=1S/C72H60N2/c1-69(2)55-26-15-17-28-63(55)73-64-29-18-16-27-56(64)70(3,4)60-44-54(43-59(69)67(60)73)50-25-19-24-49(38-50)47-30-32-48(33-31-47)53-41-61-68-62(42-53)72(7,8)58-40-52(46-22-13-10-14-23-46)35-37-66(58)74(68)65-36-34-51(39-57(65)71(61,5)6)45-20-11-9-12-21-45/h9-44H,1-8H3. The fourth-order valence-electron chi connectivity index (χ4n) is 13.5. The Bertz CT molecular complexity index is 3740. The van der Waals surface area contributed by atoms with Crippen LogP contribution in [-0.2, 0) is 21.7 Å². The fourth-order valence-corrected chi connectivity index (χ4v) is 13.5. The van der Waals surface area contributed by atoms with Crippen molar-refractivity contribution in [1.29, 1.82) is 0 Å². The van der Waals surface area contributed by atoms with E-state index in [0.717, 1.165) is 0 Å². The third-order valence-corrected chi connectivity index (χ3v) is 17.8. The molecule has 0 saturated heterocycles. The molecule has 0 saturated carbocycles. The molecule has 14 rings (SSSR count). The summed E-state index contributed by atoms with van der Waals surface area (Å²) in [5.74, 6) is 0. The molecule has 4 aliphatic rings. The number of hydrogen-bond donors (Lipinski definition) is 0. The van der Waals surface area contributed by atoms with Gasteiger partial charge in [0.05, 0.1) is 34.1 Å². The summed E-state index contributed by atoms with van der Waals surface area (Å²) in [6.07, 6.45) is 0. The van der Waals surface area contributed by atoms with Crippen LogP contribution in [0.5, 0.6) is 0 Å². The van der Waals surface area contributed by atoms with E-state index in [1.165, 1.54) is 134 Å². The molecule has 10 aromatic rings. The van der Waals surface area contributed by atoms with E-state index in [0.29, 0.717) is 0 Å². The molecular formula is C72H60N2. The summed E-state index contributed by atoms with van der Waals surface area (Å²) in [7, 11) is 0. The second kappa shape index (κ2) is 15.7. The molecule has 0 aromatic heterocycles. The van der Waals surface area contributed by atoms with Crippen molar-refractivity contribution < 1.29 is 0 Å². The summed E-state index contributed by atoms with van der Waals surface area (Å²) in [6, 6.07) is 82.5. The molecule has 2 heteroatoms. The van der Waals surface area contributed by atoms with E-state index in [9.17, 15) is 0 Å². The van der Waals surface area contributed by atoms with Gasteiger partial charge in [-0.05, 0) is 167 Å². The first-order chi connectivity index (χ1) is 35.7. The summed E-state index contributed by atoms with van der Waals surface area (Å²) < 4.78 is 0. The van der Waals surface area contributed by atoms with Crippen molar-refractivity contribution >= 4 is 34.1 Å². The van der Waals surface area contributed by atoms with Crippen LogP contribution in [-0.4, -0.2) is 0 Å². The number of anilines is 6. The first-order valence-electron chi connectivity index (χ1n) is 26.5. The van der Waals surface area contributed by atoms with Gasteiger partial charge in [0.2, 0.25) is 0 Å². The van der Waals surface area contributed by atoms with E-state index in [1.54, 1.807) is 0 Å². The van der Waals surface area contributed by atoms with Gasteiger partial charge in [-0.2, -0.15) is 0 Å². The first kappa shape index (κ1) is 44.5. The van der Waals surface area contributed by atoms with Gasteiger partial charge in [-0.3, -0.25) is 0 Å². The quantitative estimate of drug-likeness (QED) is 0.170. The Morgan fingerprint density at radius 1 is 0.203 bits per heavy atom. The molecule has 0 aliphatic carbocycles. The van der Waals surface area contributed by atoms with Gasteiger partial charge in [0.15, 0.2) is 0 Å². The van der Waals surface area contributed by atoms with Crippen molar-refractivity contribution in [3.8, 4) is 55.6 Å². The van der Waals surface area contributed by atoms with E-state index in [1.807, 2.05) is 0 Å². The Hall–Kier alpha value is -8.20. The number of para-hydroxylation sites is 2. The monoisotopic (exact) mass is 952 g/mol. The van der Waals surface area contributed by atoms with Gasteiger partial charge < -0.3 is 9.80 Å². The summed E-state index contributed by atoms with van der Waals surface area (Å²) >= 11 is 0. The van der Waals surface area contributed by atoms with Crippen molar-refractivity contribution in [2.75, 3.05) is 9.80 Å². The number of hydrogen-bond acceptors (Lipinski definition) is 2. The normalized spacial score (nSPS) is 16.2. The molecule has 0 spiro atoms. The van der Waals surface area contributed by atoms with Crippen molar-refractivity contribution in [1.82, 2.24) is 0 Å². The van der Waals surface area contributed by atoms with Crippen LogP contribution in [0.3, 0.4) is 0 Å². The molecule has 0 N–H and O–H groups in total. The van der Waals surface area contributed by atoms with E-state index < -0.39 is 0 Å². The molecule has 0 atom stereocenters. The highest BCUT2D eigenvalue weighted by Crippen LogP contribution is 2.63. The SMILES string of the molecule is CC1(C)c2ccccc2N2c3ccccc3C(C)(C)c3cc(-c4cccc(-c5ccc(-c6cc7c8c(c6)C(C)(C)c6cc(-c9ccccc9)ccc6N8c6ccc(-c8ccccc8)cc6C7(C)C)cc5)c4)cc1c32. The molecule has 4 heterocycles. The molecule has 0 fully saturated rings. The molecule has 0 amide bonds. The Morgan fingerprint density at radius 2 is 0.473 bits per heavy atom. The zero-order valence-corrected chi connectivity index (χ0v) is 43.7. The lowest BCUT2D eigenvalue weighted by Gasteiger charge is -2.50. The maximum atomic E-state index is 2.59. The van der Waals surface area contributed by atoms with E-state index >= 15 is 0 Å². The predicted molar refractivity (Wildman–Crippen MR) is 312 cm³/mol. The Balaban J connectivity index is 0.880. The topological polar surface area (TPSA) is 6.48 Å². The summed E-state index contributed by atoms with van der Waals surface area (Å²) in [5.41, 5.74) is 30.0. The van der Waals surface area contributed by atoms with Gasteiger partial charge in [-0.1, -0.05) is 207 Å². The lowest BCUT2D eigenvalue weighted by atomic mass is 9.65. The predicted octanol–water partition coefficient (Wildman–Crippen LogP) is 19.5. The van der Waals surface area contributed by atoms with Crippen LogP contribution in [0.15, 0.2) is 218 Å². The number of rotatable bonds is 5. The minimum Gasteiger partial charge on any atom is -0.309 e. The van der Waals surface area contributed by atoms with E-state index in [4.69, 9.17) is 0 Å². The number of nitrogens with zero attached hydrogens (tertiary/aromatic N) is 2. The second-order valence-electron chi connectivity index (χ2n) is 23.4. The zero-order valence-electron chi connectivity index (χ0n) is 43.7. The van der Waals surface area contributed by atoms with Crippen LogP contribution < -0.4 is 9.80 Å². The van der Waals surface area contributed by atoms with Crippen molar-refractivity contribution in [2.45, 2.75) is 77.0 Å². The van der Waals surface area contributed by atoms with Crippen molar-refractivity contribution in [2.24, 2.45) is 0 Å². The third-order valence-electron chi connectivity index (χ3n) is 17.8. The molecule has 358 valence electrons. The van der Waals surface area contributed by atoms with Crippen LogP contribution in [0.4, 0.5) is 34.1 Å². The van der Waals surface area contributed by atoms with Gasteiger partial charge in [0.25, 0.3) is 0 Å². The van der Waals surface area contributed by atoms with Crippen LogP contribution in [0.25, 0.3) is 55.6 Å². The van der Waals surface area contributed by atoms with Gasteiger partial charge in [-0.15, -0.1) is 0 Å². The smallest absolute Gasteiger partial charge is 0.0544 e. The molecule has 2 nitrogen and oxygen atoms in total. The van der Waals surface area contributed by atoms with Gasteiger partial charge >= 0.3 is 0 Å². The summed E-state index contributed by atoms with van der Waals surface area (Å²) in [4.78, 5) is 5.13. The lowest BCUT2D eigenvalue weighted by molar-refractivity contribution is 0.597. The summed E-state index contributed by atoms with van der Waals surface area (Å²) in [5, 5.41) is 0. The minimum atomic E-state index is -0.278. The average molecular weight is 953 g/mol. The average Bonchev–Trinajstić information content (AvgIpc) is 3.43. The molecule has 4 aliphatic heterocycles. The maximum Gasteiger partial charge on any atom is 0.0544 e. The highest BCUT2D eigenvalue weighted by atomic mass is 15.2. The number of fused-ring (bicyclic) bond motifs is 8. The molecule has 10 aromatic carbocycles. The molecular weight excluding hydrogens is 893 g/mol. The van der Waals surface area contributed by atoms with Gasteiger partial charge in [0.1, 0.15) is 0 Å². The summed E-state index contributed by atoms with van der Waals surface area (Å²) in [6.45, 7) is 19.4. The molecule has 0 unspecified atom stereocenters. The Kier molecular flexibility index (Phi) is 9.41. The zero-order chi connectivity index (χ0) is 50.5. The van der Waals surface area contributed by atoms with E-state index in [-0.39, 0.29) is 21.7 Å². The minimum absolute atomic E-state index is 0.191. The lowest BCUT2D eigenvalue weighted by Crippen LogP contribution is -2.38. The van der Waals surface area contributed by atoms with Crippen LogP contribution in [0.1, 0.15) is 99.9 Å². The first-order valence-corrected chi connectivity index (χ1v) is 26.5. The highest BCUT2D eigenvalue weighted by molar-refractivity contribution is 5.97. The molecule has 0 bridgehead atoms. The Morgan fingerprint density at radius 3 is 0.905 bits per heavy atom. The highest BCUT2D eigenvalue weighted by Gasteiger charge is 2.48. The van der Waals surface area contributed by atoms with Crippen molar-refractivity contribution in [3.63, 3.8) is 0 Å². The number of benzene rings is 10. The molecule has 74 heavy (non-hydrogen) atoms. The van der Waals surface area contributed by atoms with Gasteiger partial charge in [0, 0.05) is 21.7 Å². The fraction of sp³-hybridized carbons (Fsp3) is 0.167. The van der Waals surface area contributed by atoms with Crippen molar-refractivity contribution in [3.05, 3.63) is 263 Å². The van der Waals surface area contributed by atoms with Crippen LogP contribution in [0.2, 0.25) is 0 Å². The molecule has 0 radical (unpaired) electrons. The third kappa shape index (κ3) is 6.30. The second-order valence-corrected chi connectivity index (χ2v) is 23.4. The van der Waals surface area contributed by atoms with Crippen LogP contribution >= 0.6 is 0 Å². The van der Waals surface area contributed by atoms with Gasteiger partial charge in [-0.25, -0.2) is 0 Å². The maximum absolute atomic E-state index is 2.59. The largest absolute Gasteiger partial charge is 0.309 e. The van der Waals surface area contributed by atoms with Crippen LogP contribution in [0, 0.1) is 0 Å².